The zero-order valence-electron chi connectivity index (χ0n) is 15.5. The van der Waals surface area contributed by atoms with Gasteiger partial charge in [-0.25, -0.2) is 0 Å². The van der Waals surface area contributed by atoms with Crippen molar-refractivity contribution in [3.63, 3.8) is 0 Å². The fourth-order valence-electron chi connectivity index (χ4n) is 3.91. The highest BCUT2D eigenvalue weighted by molar-refractivity contribution is 5.74. The maximum absolute atomic E-state index is 12.9. The van der Waals surface area contributed by atoms with Gasteiger partial charge in [0.1, 0.15) is 6.04 Å². The Morgan fingerprint density at radius 2 is 1.71 bits per heavy atom. The number of carboxylic acids is 1. The van der Waals surface area contributed by atoms with Crippen LogP contribution in [0.25, 0.3) is 0 Å². The number of benzene rings is 2. The van der Waals surface area contributed by atoms with Gasteiger partial charge in [0, 0.05) is 6.04 Å². The van der Waals surface area contributed by atoms with E-state index in [9.17, 15) is 23.1 Å². The third-order valence-electron chi connectivity index (χ3n) is 5.43. The third-order valence-corrected chi connectivity index (χ3v) is 5.43. The van der Waals surface area contributed by atoms with Crippen LogP contribution >= 0.6 is 0 Å². The number of rotatable bonds is 6. The van der Waals surface area contributed by atoms with E-state index in [1.165, 1.54) is 12.1 Å². The maximum atomic E-state index is 12.9. The van der Waals surface area contributed by atoms with Crippen molar-refractivity contribution in [2.45, 2.75) is 56.3 Å². The lowest BCUT2D eigenvalue weighted by molar-refractivity contribution is -0.140. The van der Waals surface area contributed by atoms with E-state index >= 15 is 0 Å². The van der Waals surface area contributed by atoms with Gasteiger partial charge in [-0.05, 0) is 55.2 Å². The molecule has 150 valence electrons. The first-order chi connectivity index (χ1) is 13.3. The molecule has 1 aliphatic rings. The summed E-state index contributed by atoms with van der Waals surface area (Å²) in [5, 5.41) is 12.8. The van der Waals surface area contributed by atoms with Gasteiger partial charge >= 0.3 is 12.1 Å². The van der Waals surface area contributed by atoms with Crippen molar-refractivity contribution in [1.29, 1.82) is 0 Å². The van der Waals surface area contributed by atoms with E-state index in [0.29, 0.717) is 12.0 Å². The summed E-state index contributed by atoms with van der Waals surface area (Å²) in [4.78, 5) is 11.6. The topological polar surface area (TPSA) is 49.3 Å². The van der Waals surface area contributed by atoms with Crippen molar-refractivity contribution in [1.82, 2.24) is 5.32 Å². The summed E-state index contributed by atoms with van der Waals surface area (Å²) in [5.74, 6) is -0.804. The van der Waals surface area contributed by atoms with Gasteiger partial charge in [-0.15, -0.1) is 0 Å². The Morgan fingerprint density at radius 3 is 2.32 bits per heavy atom. The Hall–Kier alpha value is -2.34. The zero-order chi connectivity index (χ0) is 20.1. The molecule has 3 rings (SSSR count). The molecule has 1 saturated carbocycles. The van der Waals surface area contributed by atoms with Crippen LogP contribution in [-0.4, -0.2) is 23.2 Å². The molecule has 0 heterocycles. The Balaban J connectivity index is 1.58. The summed E-state index contributed by atoms with van der Waals surface area (Å²) in [6, 6.07) is 14.4. The second kappa shape index (κ2) is 8.78. The van der Waals surface area contributed by atoms with E-state index in [0.717, 1.165) is 37.3 Å². The molecule has 0 aliphatic heterocycles. The maximum Gasteiger partial charge on any atom is 0.416 e. The van der Waals surface area contributed by atoms with Crippen LogP contribution in [-0.2, 0) is 17.4 Å². The molecule has 6 heteroatoms. The normalized spacial score (nSPS) is 21.2. The molecule has 0 saturated heterocycles. The van der Waals surface area contributed by atoms with Crippen LogP contribution < -0.4 is 5.32 Å². The zero-order valence-corrected chi connectivity index (χ0v) is 15.5. The van der Waals surface area contributed by atoms with E-state index in [-0.39, 0.29) is 12.0 Å². The van der Waals surface area contributed by atoms with Gasteiger partial charge in [0.15, 0.2) is 0 Å². The van der Waals surface area contributed by atoms with Crippen LogP contribution in [0.3, 0.4) is 0 Å². The van der Waals surface area contributed by atoms with Crippen molar-refractivity contribution in [3.8, 4) is 0 Å². The molecule has 1 atom stereocenters. The molecule has 2 N–H and O–H groups in total. The molecule has 2 aromatic carbocycles. The number of hydrogen-bond donors (Lipinski definition) is 2. The molecule has 0 aromatic heterocycles. The van der Waals surface area contributed by atoms with Gasteiger partial charge in [-0.1, -0.05) is 48.5 Å². The number of carboxylic acid groups (broad SMARTS) is 1. The summed E-state index contributed by atoms with van der Waals surface area (Å²) in [6.45, 7) is 0. The van der Waals surface area contributed by atoms with Crippen LogP contribution in [0.4, 0.5) is 13.2 Å². The number of alkyl halides is 3. The lowest BCUT2D eigenvalue weighted by Crippen LogP contribution is -2.45. The smallest absolute Gasteiger partial charge is 0.416 e. The Morgan fingerprint density at radius 1 is 1.04 bits per heavy atom. The molecule has 0 radical (unpaired) electrons. The number of nitrogens with one attached hydrogen (secondary N) is 1. The largest absolute Gasteiger partial charge is 0.480 e. The number of halogens is 3. The molecular formula is C22H24F3NO2. The standard InChI is InChI=1S/C22H24F3NO2/c23-22(24,25)18-8-4-7-17(14-18)16-9-11-19(12-10-16)26-20(21(27)28)13-15-5-2-1-3-6-15/h1-8,14,16,19-20,26H,9-13H2,(H,27,28)/t16?,19?,20-/m0/s1. The molecule has 28 heavy (non-hydrogen) atoms. The van der Waals surface area contributed by atoms with Crippen molar-refractivity contribution in [3.05, 3.63) is 71.3 Å². The van der Waals surface area contributed by atoms with Gasteiger partial charge in [0.25, 0.3) is 0 Å². The van der Waals surface area contributed by atoms with E-state index < -0.39 is 23.8 Å². The molecular weight excluding hydrogens is 367 g/mol. The first-order valence-corrected chi connectivity index (χ1v) is 9.53. The molecule has 0 amide bonds. The fourth-order valence-corrected chi connectivity index (χ4v) is 3.91. The lowest BCUT2D eigenvalue weighted by atomic mass is 9.81. The minimum absolute atomic E-state index is 0.0619. The molecule has 1 fully saturated rings. The number of aliphatic carboxylic acids is 1. The second-order valence-corrected chi connectivity index (χ2v) is 7.42. The van der Waals surface area contributed by atoms with Gasteiger partial charge in [-0.2, -0.15) is 13.2 Å². The van der Waals surface area contributed by atoms with E-state index in [1.807, 2.05) is 30.3 Å². The first-order valence-electron chi connectivity index (χ1n) is 9.53. The molecule has 0 spiro atoms. The minimum atomic E-state index is -4.33. The third kappa shape index (κ3) is 5.35. The number of hydrogen-bond acceptors (Lipinski definition) is 2. The van der Waals surface area contributed by atoms with Crippen molar-refractivity contribution < 1.29 is 23.1 Å². The summed E-state index contributed by atoms with van der Waals surface area (Å²) >= 11 is 0. The van der Waals surface area contributed by atoms with E-state index in [4.69, 9.17) is 0 Å². The van der Waals surface area contributed by atoms with Crippen molar-refractivity contribution in [2.24, 2.45) is 0 Å². The Labute approximate surface area is 162 Å². The van der Waals surface area contributed by atoms with Gasteiger partial charge in [0.2, 0.25) is 0 Å². The highest BCUT2D eigenvalue weighted by Gasteiger charge is 2.32. The Kier molecular flexibility index (Phi) is 6.39. The van der Waals surface area contributed by atoms with Gasteiger partial charge < -0.3 is 10.4 Å². The molecule has 2 aromatic rings. The molecule has 0 unspecified atom stereocenters. The Bertz CT molecular complexity index is 784. The first kappa shape index (κ1) is 20.4. The van der Waals surface area contributed by atoms with E-state index in [2.05, 4.69) is 5.32 Å². The van der Waals surface area contributed by atoms with Gasteiger partial charge in [-0.3, -0.25) is 4.79 Å². The lowest BCUT2D eigenvalue weighted by Gasteiger charge is -2.31. The monoisotopic (exact) mass is 391 g/mol. The van der Waals surface area contributed by atoms with Crippen LogP contribution in [0.2, 0.25) is 0 Å². The quantitative estimate of drug-likeness (QED) is 0.727. The average molecular weight is 391 g/mol. The summed E-state index contributed by atoms with van der Waals surface area (Å²) in [7, 11) is 0. The second-order valence-electron chi connectivity index (χ2n) is 7.42. The predicted molar refractivity (Wildman–Crippen MR) is 101 cm³/mol. The fraction of sp³-hybridized carbons (Fsp3) is 0.409. The van der Waals surface area contributed by atoms with Crippen LogP contribution in [0, 0.1) is 0 Å². The molecule has 0 bridgehead atoms. The summed E-state index contributed by atoms with van der Waals surface area (Å²) in [6.07, 6.45) is -0.934. The van der Waals surface area contributed by atoms with Crippen LogP contribution in [0.15, 0.2) is 54.6 Å². The van der Waals surface area contributed by atoms with Crippen molar-refractivity contribution in [2.75, 3.05) is 0 Å². The molecule has 1 aliphatic carbocycles. The van der Waals surface area contributed by atoms with Crippen LogP contribution in [0.1, 0.15) is 48.3 Å². The number of carbonyl (C=O) groups is 1. The highest BCUT2D eigenvalue weighted by Crippen LogP contribution is 2.36. The minimum Gasteiger partial charge on any atom is -0.480 e. The summed E-state index contributed by atoms with van der Waals surface area (Å²) in [5.41, 5.74) is 1.06. The van der Waals surface area contributed by atoms with Gasteiger partial charge in [0.05, 0.1) is 5.56 Å². The average Bonchev–Trinajstić information content (AvgIpc) is 2.68. The SMILES string of the molecule is O=C(O)[C@H](Cc1ccccc1)NC1CCC(c2cccc(C(F)(F)F)c2)CC1. The van der Waals surface area contributed by atoms with E-state index in [1.54, 1.807) is 6.07 Å². The van der Waals surface area contributed by atoms with Crippen molar-refractivity contribution >= 4 is 5.97 Å². The van der Waals surface area contributed by atoms with Crippen LogP contribution in [0.5, 0.6) is 0 Å². The summed E-state index contributed by atoms with van der Waals surface area (Å²) < 4.78 is 38.8. The predicted octanol–water partition coefficient (Wildman–Crippen LogP) is 5.02. The highest BCUT2D eigenvalue weighted by atomic mass is 19.4. The molecule has 3 nitrogen and oxygen atoms in total.